The van der Waals surface area contributed by atoms with Crippen LogP contribution in [0.25, 0.3) is 0 Å². The molecule has 0 radical (unpaired) electrons. The minimum atomic E-state index is -0.708. The smallest absolute Gasteiger partial charge is 0.163 e. The molecule has 1 atom stereocenters. The van der Waals surface area contributed by atoms with Crippen LogP contribution in [0.15, 0.2) is 12.1 Å². The van der Waals surface area contributed by atoms with Crippen LogP contribution in [-0.2, 0) is 0 Å². The Labute approximate surface area is 120 Å². The van der Waals surface area contributed by atoms with Gasteiger partial charge in [0.05, 0.1) is 0 Å². The highest BCUT2D eigenvalue weighted by molar-refractivity contribution is 5.27. The van der Waals surface area contributed by atoms with Gasteiger partial charge in [0, 0.05) is 11.6 Å². The van der Waals surface area contributed by atoms with Gasteiger partial charge >= 0.3 is 0 Å². The largest absolute Gasteiger partial charge is 0.313 e. The zero-order valence-electron chi connectivity index (χ0n) is 12.5. The van der Waals surface area contributed by atoms with E-state index < -0.39 is 11.6 Å². The van der Waals surface area contributed by atoms with Crippen LogP contribution in [-0.4, -0.2) is 7.05 Å². The van der Waals surface area contributed by atoms with Gasteiger partial charge in [0.2, 0.25) is 0 Å². The maximum Gasteiger partial charge on any atom is 0.163 e. The molecule has 0 saturated heterocycles. The second-order valence-electron chi connectivity index (χ2n) is 6.02. The zero-order chi connectivity index (χ0) is 14.5. The van der Waals surface area contributed by atoms with Crippen molar-refractivity contribution >= 4 is 0 Å². The fraction of sp³-hybridized carbons (Fsp3) is 0.647. The summed E-state index contributed by atoms with van der Waals surface area (Å²) in [6.45, 7) is 1.60. The molecule has 1 N–H and O–H groups in total. The molecule has 1 aliphatic rings. The molecule has 0 bridgehead atoms. The predicted octanol–water partition coefficient (Wildman–Crippen LogP) is 4.89. The summed E-state index contributed by atoms with van der Waals surface area (Å²) in [5.41, 5.74) is 0.833. The zero-order valence-corrected chi connectivity index (χ0v) is 12.5. The van der Waals surface area contributed by atoms with Gasteiger partial charge < -0.3 is 5.32 Å². The van der Waals surface area contributed by atoms with Crippen molar-refractivity contribution in [3.8, 4) is 0 Å². The molecular formula is C17H25F2N. The molecule has 1 saturated carbocycles. The molecule has 20 heavy (non-hydrogen) atoms. The Kier molecular flexibility index (Phi) is 5.53. The van der Waals surface area contributed by atoms with E-state index in [1.54, 1.807) is 19.1 Å². The Morgan fingerprint density at radius 3 is 2.50 bits per heavy atom. The maximum atomic E-state index is 14.1. The van der Waals surface area contributed by atoms with Crippen LogP contribution in [0.4, 0.5) is 8.78 Å². The van der Waals surface area contributed by atoms with E-state index in [4.69, 9.17) is 0 Å². The minimum absolute atomic E-state index is 0.0907. The molecule has 1 aromatic rings. The Morgan fingerprint density at radius 2 is 1.85 bits per heavy atom. The molecule has 0 aromatic heterocycles. The molecule has 1 nitrogen and oxygen atoms in total. The van der Waals surface area contributed by atoms with Gasteiger partial charge in [-0.1, -0.05) is 44.2 Å². The SMILES string of the molecule is CNC(CCC1CCCCC1)c1ccc(C)c(F)c1F. The van der Waals surface area contributed by atoms with E-state index in [-0.39, 0.29) is 6.04 Å². The number of rotatable bonds is 5. The van der Waals surface area contributed by atoms with Crippen molar-refractivity contribution in [3.63, 3.8) is 0 Å². The molecule has 0 aliphatic heterocycles. The summed E-state index contributed by atoms with van der Waals surface area (Å²) in [5.74, 6) is -0.633. The molecule has 0 amide bonds. The third kappa shape index (κ3) is 3.57. The lowest BCUT2D eigenvalue weighted by Crippen LogP contribution is -2.20. The van der Waals surface area contributed by atoms with Gasteiger partial charge in [-0.3, -0.25) is 0 Å². The average molecular weight is 281 g/mol. The monoisotopic (exact) mass is 281 g/mol. The summed E-state index contributed by atoms with van der Waals surface area (Å²) in [6.07, 6.45) is 8.55. The lowest BCUT2D eigenvalue weighted by Gasteiger charge is -2.24. The number of aryl methyl sites for hydroxylation is 1. The van der Waals surface area contributed by atoms with E-state index in [1.807, 2.05) is 7.05 Å². The number of benzene rings is 1. The number of hydrogen-bond donors (Lipinski definition) is 1. The summed E-state index contributed by atoms with van der Waals surface area (Å²) in [6, 6.07) is 3.29. The van der Waals surface area contributed by atoms with Crippen molar-refractivity contribution in [1.29, 1.82) is 0 Å². The van der Waals surface area contributed by atoms with Gasteiger partial charge in [-0.25, -0.2) is 8.78 Å². The van der Waals surface area contributed by atoms with Crippen LogP contribution < -0.4 is 5.32 Å². The first-order chi connectivity index (χ1) is 9.63. The number of nitrogens with one attached hydrogen (secondary N) is 1. The fourth-order valence-electron chi connectivity index (χ4n) is 3.26. The first kappa shape index (κ1) is 15.4. The fourth-order valence-corrected chi connectivity index (χ4v) is 3.26. The van der Waals surface area contributed by atoms with Gasteiger partial charge in [0.1, 0.15) is 0 Å². The van der Waals surface area contributed by atoms with E-state index in [9.17, 15) is 8.78 Å². The highest BCUT2D eigenvalue weighted by atomic mass is 19.2. The second kappa shape index (κ2) is 7.16. The van der Waals surface area contributed by atoms with Crippen molar-refractivity contribution in [1.82, 2.24) is 5.32 Å². The van der Waals surface area contributed by atoms with E-state index in [0.717, 1.165) is 18.8 Å². The molecule has 1 fully saturated rings. The number of halogens is 2. The van der Waals surface area contributed by atoms with Gasteiger partial charge in [0.15, 0.2) is 11.6 Å². The van der Waals surface area contributed by atoms with Crippen molar-refractivity contribution in [2.24, 2.45) is 5.92 Å². The van der Waals surface area contributed by atoms with Crippen LogP contribution in [0.1, 0.15) is 62.1 Å². The second-order valence-corrected chi connectivity index (χ2v) is 6.02. The van der Waals surface area contributed by atoms with Gasteiger partial charge in [0.25, 0.3) is 0 Å². The normalized spacial score (nSPS) is 18.2. The van der Waals surface area contributed by atoms with Crippen LogP contribution in [0.2, 0.25) is 0 Å². The molecule has 112 valence electrons. The first-order valence-corrected chi connectivity index (χ1v) is 7.75. The summed E-state index contributed by atoms with van der Waals surface area (Å²) >= 11 is 0. The Hall–Kier alpha value is -0.960. The van der Waals surface area contributed by atoms with Crippen molar-refractivity contribution in [2.45, 2.75) is 57.9 Å². The molecular weight excluding hydrogens is 256 g/mol. The molecule has 3 heteroatoms. The lowest BCUT2D eigenvalue weighted by atomic mass is 9.84. The Bertz CT molecular complexity index is 439. The van der Waals surface area contributed by atoms with E-state index in [2.05, 4.69) is 5.32 Å². The third-order valence-corrected chi connectivity index (χ3v) is 4.62. The topological polar surface area (TPSA) is 12.0 Å². The molecule has 0 heterocycles. The average Bonchev–Trinajstić information content (AvgIpc) is 2.48. The first-order valence-electron chi connectivity index (χ1n) is 7.75. The molecule has 1 unspecified atom stereocenters. The lowest BCUT2D eigenvalue weighted by molar-refractivity contribution is 0.315. The van der Waals surface area contributed by atoms with Crippen LogP contribution in [0, 0.1) is 24.5 Å². The summed E-state index contributed by atoms with van der Waals surface area (Å²) in [7, 11) is 1.82. The van der Waals surface area contributed by atoms with E-state index in [1.165, 1.54) is 32.1 Å². The van der Waals surface area contributed by atoms with E-state index in [0.29, 0.717) is 11.1 Å². The van der Waals surface area contributed by atoms with Gasteiger partial charge in [-0.2, -0.15) is 0 Å². The highest BCUT2D eigenvalue weighted by Crippen LogP contribution is 2.31. The van der Waals surface area contributed by atoms with Crippen molar-refractivity contribution in [2.75, 3.05) is 7.05 Å². The van der Waals surface area contributed by atoms with Gasteiger partial charge in [-0.15, -0.1) is 0 Å². The van der Waals surface area contributed by atoms with Crippen LogP contribution >= 0.6 is 0 Å². The molecule has 1 aliphatic carbocycles. The van der Waals surface area contributed by atoms with E-state index >= 15 is 0 Å². The highest BCUT2D eigenvalue weighted by Gasteiger charge is 2.20. The Morgan fingerprint density at radius 1 is 1.15 bits per heavy atom. The van der Waals surface area contributed by atoms with Crippen LogP contribution in [0.5, 0.6) is 0 Å². The summed E-state index contributed by atoms with van der Waals surface area (Å²) in [5, 5.41) is 3.14. The third-order valence-electron chi connectivity index (χ3n) is 4.62. The summed E-state index contributed by atoms with van der Waals surface area (Å²) in [4.78, 5) is 0. The number of hydrogen-bond acceptors (Lipinski definition) is 1. The standard InChI is InChI=1S/C17H25F2N/c1-12-8-10-14(17(19)16(12)18)15(20-2)11-9-13-6-4-3-5-7-13/h8,10,13,15,20H,3-7,9,11H2,1-2H3. The van der Waals surface area contributed by atoms with Crippen molar-refractivity contribution in [3.05, 3.63) is 34.9 Å². The Balaban J connectivity index is 2.02. The van der Waals surface area contributed by atoms with Gasteiger partial charge in [-0.05, 0) is 38.3 Å². The molecule has 1 aromatic carbocycles. The summed E-state index contributed by atoms with van der Waals surface area (Å²) < 4.78 is 27.7. The molecule has 2 rings (SSSR count). The molecule has 0 spiro atoms. The maximum absolute atomic E-state index is 14.1. The van der Waals surface area contributed by atoms with Crippen LogP contribution in [0.3, 0.4) is 0 Å². The predicted molar refractivity (Wildman–Crippen MR) is 78.7 cm³/mol. The van der Waals surface area contributed by atoms with Crippen molar-refractivity contribution < 1.29 is 8.78 Å². The minimum Gasteiger partial charge on any atom is -0.313 e. The quantitative estimate of drug-likeness (QED) is 0.810.